The molecule has 2 heterocycles. The number of halogens is 2. The van der Waals surface area contributed by atoms with Gasteiger partial charge in [0.25, 0.3) is 5.56 Å². The van der Waals surface area contributed by atoms with Crippen LogP contribution in [-0.4, -0.2) is 21.7 Å². The van der Waals surface area contributed by atoms with Crippen molar-refractivity contribution < 1.29 is 18.6 Å². The van der Waals surface area contributed by atoms with E-state index in [0.29, 0.717) is 29.5 Å². The summed E-state index contributed by atoms with van der Waals surface area (Å²) in [5.41, 5.74) is 1.14. The van der Waals surface area contributed by atoms with E-state index in [0.717, 1.165) is 15.8 Å². The van der Waals surface area contributed by atoms with E-state index in [1.54, 1.807) is 45.3 Å². The minimum absolute atomic E-state index is 0.0781. The summed E-state index contributed by atoms with van der Waals surface area (Å²) in [4.78, 5) is 12.5. The Morgan fingerprint density at radius 1 is 1.20 bits per heavy atom. The molecule has 0 amide bonds. The normalized spacial score (nSPS) is 17.4. The van der Waals surface area contributed by atoms with E-state index in [1.165, 1.54) is 15.9 Å². The second-order valence-electron chi connectivity index (χ2n) is 8.57. The molecule has 1 N–H and O–H groups in total. The van der Waals surface area contributed by atoms with Crippen molar-refractivity contribution in [3.05, 3.63) is 51.8 Å². The Labute approximate surface area is 177 Å². The summed E-state index contributed by atoms with van der Waals surface area (Å²) in [5.74, 6) is -2.04. The quantitative estimate of drug-likeness (QED) is 0.595. The van der Waals surface area contributed by atoms with Crippen LogP contribution in [0.2, 0.25) is 0 Å². The number of hydrogen-bond donors (Lipinski definition) is 1. The van der Waals surface area contributed by atoms with Crippen molar-refractivity contribution in [2.24, 2.45) is 7.05 Å². The summed E-state index contributed by atoms with van der Waals surface area (Å²) < 4.78 is 35.7. The van der Waals surface area contributed by atoms with Crippen LogP contribution in [0.1, 0.15) is 45.1 Å². The highest BCUT2D eigenvalue weighted by Gasteiger charge is 2.36. The number of aryl methyl sites for hydroxylation is 1. The highest BCUT2D eigenvalue weighted by Crippen LogP contribution is 2.41. The lowest BCUT2D eigenvalue weighted by atomic mass is 9.92. The van der Waals surface area contributed by atoms with Crippen molar-refractivity contribution in [3.63, 3.8) is 0 Å². The van der Waals surface area contributed by atoms with Crippen LogP contribution in [0.5, 0.6) is 5.75 Å². The zero-order chi connectivity index (χ0) is 21.7. The molecule has 2 aromatic heterocycles. The van der Waals surface area contributed by atoms with Gasteiger partial charge in [0.15, 0.2) is 0 Å². The lowest BCUT2D eigenvalue weighted by Gasteiger charge is -2.30. The molecule has 1 aliphatic rings. The van der Waals surface area contributed by atoms with Crippen molar-refractivity contribution in [1.29, 1.82) is 0 Å². The molecule has 0 unspecified atom stereocenters. The van der Waals surface area contributed by atoms with Gasteiger partial charge in [0.2, 0.25) is 5.92 Å². The predicted octanol–water partition coefficient (Wildman–Crippen LogP) is 5.45. The SMILES string of the molecule is Cn1cc(-c2cc(C(C)(C)O)ccc2OC2CCC(F)(F)CC2)c2sccc2c1=O. The summed E-state index contributed by atoms with van der Waals surface area (Å²) in [7, 11) is 1.70. The molecule has 0 spiro atoms. The van der Waals surface area contributed by atoms with Gasteiger partial charge in [-0.25, -0.2) is 8.78 Å². The number of benzene rings is 1. The first-order valence-electron chi connectivity index (χ1n) is 10.0. The third kappa shape index (κ3) is 4.01. The van der Waals surface area contributed by atoms with E-state index in [1.807, 2.05) is 11.4 Å². The number of aromatic nitrogens is 1. The molecule has 0 aliphatic heterocycles. The van der Waals surface area contributed by atoms with Crippen LogP contribution in [0.15, 0.2) is 40.6 Å². The van der Waals surface area contributed by atoms with E-state index in [9.17, 15) is 18.7 Å². The highest BCUT2D eigenvalue weighted by atomic mass is 32.1. The summed E-state index contributed by atoms with van der Waals surface area (Å²) in [6.45, 7) is 3.41. The van der Waals surface area contributed by atoms with Gasteiger partial charge in [-0.2, -0.15) is 0 Å². The first-order valence-corrected chi connectivity index (χ1v) is 10.9. The van der Waals surface area contributed by atoms with Gasteiger partial charge in [-0.1, -0.05) is 6.07 Å². The fourth-order valence-electron chi connectivity index (χ4n) is 3.91. The maximum absolute atomic E-state index is 13.6. The van der Waals surface area contributed by atoms with Crippen molar-refractivity contribution in [2.75, 3.05) is 0 Å². The average Bonchev–Trinajstić information content (AvgIpc) is 3.16. The molecule has 0 saturated heterocycles. The van der Waals surface area contributed by atoms with Crippen molar-refractivity contribution in [3.8, 4) is 16.9 Å². The molecule has 7 heteroatoms. The fraction of sp³-hybridized carbons (Fsp3) is 0.435. The fourth-order valence-corrected chi connectivity index (χ4v) is 4.83. The second kappa shape index (κ2) is 7.46. The minimum Gasteiger partial charge on any atom is -0.490 e. The maximum Gasteiger partial charge on any atom is 0.259 e. The summed E-state index contributed by atoms with van der Waals surface area (Å²) in [6, 6.07) is 7.25. The van der Waals surface area contributed by atoms with E-state index in [-0.39, 0.29) is 24.5 Å². The molecular weight excluding hydrogens is 408 g/mol. The Bertz CT molecular complexity index is 1130. The number of hydrogen-bond acceptors (Lipinski definition) is 4. The van der Waals surface area contributed by atoms with Crippen LogP contribution >= 0.6 is 11.3 Å². The molecule has 160 valence electrons. The number of rotatable bonds is 4. The molecule has 0 atom stereocenters. The number of alkyl halides is 2. The Morgan fingerprint density at radius 2 is 1.90 bits per heavy atom. The Hall–Kier alpha value is -2.25. The largest absolute Gasteiger partial charge is 0.490 e. The molecule has 4 nitrogen and oxygen atoms in total. The average molecular weight is 434 g/mol. The molecule has 1 aromatic carbocycles. The number of thiophene rings is 1. The van der Waals surface area contributed by atoms with Crippen LogP contribution in [0.3, 0.4) is 0 Å². The number of ether oxygens (including phenoxy) is 1. The van der Waals surface area contributed by atoms with Gasteiger partial charge >= 0.3 is 0 Å². The van der Waals surface area contributed by atoms with Gasteiger partial charge < -0.3 is 14.4 Å². The zero-order valence-electron chi connectivity index (χ0n) is 17.2. The summed E-state index contributed by atoms with van der Waals surface area (Å²) in [5, 5.41) is 13.0. The third-order valence-corrected chi connectivity index (χ3v) is 6.67. The van der Waals surface area contributed by atoms with Gasteiger partial charge in [0.1, 0.15) is 5.75 Å². The topological polar surface area (TPSA) is 51.5 Å². The van der Waals surface area contributed by atoms with Gasteiger partial charge in [-0.05, 0) is 55.8 Å². The monoisotopic (exact) mass is 433 g/mol. The van der Waals surface area contributed by atoms with Gasteiger partial charge in [0, 0.05) is 41.9 Å². The van der Waals surface area contributed by atoms with E-state index in [4.69, 9.17) is 4.74 Å². The Balaban J connectivity index is 1.82. The highest BCUT2D eigenvalue weighted by molar-refractivity contribution is 7.17. The Morgan fingerprint density at radius 3 is 2.57 bits per heavy atom. The van der Waals surface area contributed by atoms with Crippen LogP contribution in [0.4, 0.5) is 8.78 Å². The number of pyridine rings is 1. The van der Waals surface area contributed by atoms with Gasteiger partial charge in [0.05, 0.1) is 17.1 Å². The van der Waals surface area contributed by atoms with Gasteiger partial charge in [-0.15, -0.1) is 11.3 Å². The number of aliphatic hydroxyl groups is 1. The van der Waals surface area contributed by atoms with Crippen LogP contribution in [0.25, 0.3) is 21.2 Å². The first kappa shape index (κ1) is 21.0. The molecule has 1 saturated carbocycles. The predicted molar refractivity (Wildman–Crippen MR) is 116 cm³/mol. The van der Waals surface area contributed by atoms with E-state index in [2.05, 4.69) is 0 Å². The minimum atomic E-state index is -2.62. The van der Waals surface area contributed by atoms with Crippen LogP contribution < -0.4 is 10.3 Å². The lowest BCUT2D eigenvalue weighted by molar-refractivity contribution is -0.0581. The second-order valence-corrected chi connectivity index (χ2v) is 9.48. The summed E-state index contributed by atoms with van der Waals surface area (Å²) >= 11 is 1.47. The molecule has 0 bridgehead atoms. The van der Waals surface area contributed by atoms with Crippen molar-refractivity contribution >= 4 is 21.4 Å². The van der Waals surface area contributed by atoms with Crippen molar-refractivity contribution in [2.45, 2.75) is 57.2 Å². The molecule has 1 aliphatic carbocycles. The number of nitrogens with zero attached hydrogens (tertiary/aromatic N) is 1. The zero-order valence-corrected chi connectivity index (χ0v) is 18.1. The van der Waals surface area contributed by atoms with Crippen LogP contribution in [0, 0.1) is 0 Å². The maximum atomic E-state index is 13.6. The van der Waals surface area contributed by atoms with Crippen molar-refractivity contribution in [1.82, 2.24) is 4.57 Å². The Kier molecular flexibility index (Phi) is 5.22. The third-order valence-electron chi connectivity index (χ3n) is 5.72. The van der Waals surface area contributed by atoms with Crippen LogP contribution in [-0.2, 0) is 12.6 Å². The standard InChI is InChI=1S/C23H25F2NO3S/c1-22(2,28)14-4-5-19(29-15-6-9-23(24,25)10-7-15)17(12-14)18-13-26(3)21(27)16-8-11-30-20(16)18/h4-5,8,11-13,15,28H,6-7,9-10H2,1-3H3. The van der Waals surface area contributed by atoms with E-state index < -0.39 is 11.5 Å². The van der Waals surface area contributed by atoms with E-state index >= 15 is 0 Å². The molecule has 30 heavy (non-hydrogen) atoms. The smallest absolute Gasteiger partial charge is 0.259 e. The molecule has 0 radical (unpaired) electrons. The molecule has 4 rings (SSSR count). The number of fused-ring (bicyclic) bond motifs is 1. The molecule has 1 fully saturated rings. The molecular formula is C23H25F2NO3S. The first-order chi connectivity index (χ1) is 14.0. The van der Waals surface area contributed by atoms with Gasteiger partial charge in [-0.3, -0.25) is 4.79 Å². The molecule has 3 aromatic rings. The lowest BCUT2D eigenvalue weighted by Crippen LogP contribution is -2.30. The summed E-state index contributed by atoms with van der Waals surface area (Å²) in [6.07, 6.45) is 1.71.